The van der Waals surface area contributed by atoms with E-state index >= 15 is 0 Å². The first-order valence-corrected chi connectivity index (χ1v) is 38.9. The molecule has 9 N–H and O–H groups in total. The number of hydrogen-bond acceptors (Lipinski definition) is 25. The molecule has 3 aliphatic heterocycles. The molecule has 33 nitrogen and oxygen atoms in total. The number of anilines is 3. The molecule has 5 aliphatic rings. The van der Waals surface area contributed by atoms with E-state index in [0.29, 0.717) is 59.3 Å². The van der Waals surface area contributed by atoms with Gasteiger partial charge in [0, 0.05) is 107 Å². The number of hydrogen-bond donors (Lipinski definition) is 9. The van der Waals surface area contributed by atoms with E-state index in [2.05, 4.69) is 40.1 Å². The molecule has 608 valence electrons. The van der Waals surface area contributed by atoms with Crippen molar-refractivity contribution in [2.24, 2.45) is 10.8 Å². The number of aliphatic carboxylic acids is 1. The SMILES string of the molecule is CCCC1(C)CC2(Cn3ncc(-c4ccc(N5CCc6cccc(C(=O)Nc7nc8ccccc8s7)c6C5)nc4C(=O)O)c3C)CCCC(OCCN(C)C(=O)OCc3ccc(O[C@@H]4O[C@H](C(=O)O)[C@@H](O)[C@H](O)[C@H]4O)c(NC(=O)CCNC(=O)CCOCCOCCOCCOCCNC(=O)CCN4C(=O)C=CC4=O)c3)(C1)C2. The van der Waals surface area contributed by atoms with Gasteiger partial charge in [-0.1, -0.05) is 61.9 Å². The molecule has 11 rings (SSSR count). The lowest BCUT2D eigenvalue weighted by molar-refractivity contribution is -0.271. The van der Waals surface area contributed by atoms with Crippen molar-refractivity contribution in [1.82, 2.24) is 40.2 Å². The highest BCUT2D eigenvalue weighted by molar-refractivity contribution is 7.22. The largest absolute Gasteiger partial charge is 0.479 e. The van der Waals surface area contributed by atoms with Crippen molar-refractivity contribution >= 4 is 91.7 Å². The summed E-state index contributed by atoms with van der Waals surface area (Å²) in [7, 11) is 1.59. The van der Waals surface area contributed by atoms with Crippen molar-refractivity contribution in [3.8, 4) is 16.9 Å². The number of aromatic nitrogens is 4. The fourth-order valence-electron chi connectivity index (χ4n) is 15.8. The molecule has 3 fully saturated rings. The Kier molecular flexibility index (Phi) is 28.8. The Labute approximate surface area is 656 Å². The van der Waals surface area contributed by atoms with Crippen molar-refractivity contribution < 1.29 is 107 Å². The maximum absolute atomic E-state index is 13.8. The van der Waals surface area contributed by atoms with Crippen LogP contribution in [0.3, 0.4) is 0 Å². The number of benzene rings is 3. The third kappa shape index (κ3) is 21.9. The van der Waals surface area contributed by atoms with E-state index in [9.17, 15) is 68.7 Å². The number of carbonyl (C=O) groups is 9. The highest BCUT2D eigenvalue weighted by atomic mass is 32.1. The van der Waals surface area contributed by atoms with E-state index in [-0.39, 0.29) is 151 Å². The van der Waals surface area contributed by atoms with Gasteiger partial charge in [0.15, 0.2) is 16.9 Å². The number of amides is 7. The topological polar surface area (TPSA) is 430 Å². The van der Waals surface area contributed by atoms with Gasteiger partial charge in [0.05, 0.1) is 87.2 Å². The molecule has 3 unspecified atom stereocenters. The van der Waals surface area contributed by atoms with Crippen molar-refractivity contribution in [3.05, 3.63) is 125 Å². The minimum absolute atomic E-state index is 0.00143. The van der Waals surface area contributed by atoms with Crippen LogP contribution in [0.5, 0.6) is 5.75 Å². The lowest BCUT2D eigenvalue weighted by atomic mass is 9.51. The monoisotopic (exact) mass is 1590 g/mol. The molecule has 0 spiro atoms. The van der Waals surface area contributed by atoms with E-state index in [4.69, 9.17) is 48.0 Å². The van der Waals surface area contributed by atoms with Gasteiger partial charge in [0.2, 0.25) is 24.0 Å². The van der Waals surface area contributed by atoms with Crippen molar-refractivity contribution in [1.29, 1.82) is 0 Å². The van der Waals surface area contributed by atoms with Crippen LogP contribution in [0.1, 0.15) is 128 Å². The second-order valence-electron chi connectivity index (χ2n) is 29.5. The summed E-state index contributed by atoms with van der Waals surface area (Å²) < 4.78 is 48.9. The van der Waals surface area contributed by atoms with Gasteiger partial charge >= 0.3 is 18.0 Å². The van der Waals surface area contributed by atoms with Crippen LogP contribution in [-0.2, 0) is 88.0 Å². The van der Waals surface area contributed by atoms with Gasteiger partial charge in [-0.05, 0) is 128 Å². The number of aromatic carboxylic acids is 1. The molecule has 2 saturated carbocycles. The van der Waals surface area contributed by atoms with Gasteiger partial charge in [-0.3, -0.25) is 43.7 Å². The van der Waals surface area contributed by atoms with Crippen LogP contribution >= 0.6 is 11.3 Å². The molecule has 2 bridgehead atoms. The molecule has 3 aromatic carbocycles. The zero-order valence-electron chi connectivity index (χ0n) is 63.8. The third-order valence-corrected chi connectivity index (χ3v) is 21.9. The highest BCUT2D eigenvalue weighted by Crippen LogP contribution is 2.61. The summed E-state index contributed by atoms with van der Waals surface area (Å²) in [5.74, 6) is -5.01. The van der Waals surface area contributed by atoms with Crippen molar-refractivity contribution in [3.63, 3.8) is 0 Å². The summed E-state index contributed by atoms with van der Waals surface area (Å²) >= 11 is 1.40. The Bertz CT molecular complexity index is 4390. The predicted molar refractivity (Wildman–Crippen MR) is 410 cm³/mol. The number of carboxylic acids is 2. The zero-order chi connectivity index (χ0) is 80.4. The third-order valence-electron chi connectivity index (χ3n) is 20.9. The number of carbonyl (C=O) groups excluding carboxylic acids is 7. The number of carboxylic acid groups (broad SMARTS) is 2. The maximum Gasteiger partial charge on any atom is 0.409 e. The minimum Gasteiger partial charge on any atom is -0.479 e. The number of aliphatic hydroxyl groups is 3. The van der Waals surface area contributed by atoms with E-state index in [1.165, 1.54) is 34.4 Å². The molecular weight excluding hydrogens is 1490 g/mol. The van der Waals surface area contributed by atoms with Crippen LogP contribution in [-0.4, -0.2) is 244 Å². The number of rotatable bonds is 40. The second kappa shape index (κ2) is 38.8. The molecular formula is C79H99N11O22S. The summed E-state index contributed by atoms with van der Waals surface area (Å²) in [5, 5.41) is 68.6. The first kappa shape index (κ1) is 84.0. The molecule has 3 aromatic heterocycles. The minimum atomic E-state index is -2.00. The lowest BCUT2D eigenvalue weighted by Crippen LogP contribution is -2.61. The van der Waals surface area contributed by atoms with Crippen molar-refractivity contribution in [2.75, 3.05) is 115 Å². The number of nitrogens with one attached hydrogen (secondary N) is 4. The smallest absolute Gasteiger partial charge is 0.409 e. The molecule has 113 heavy (non-hydrogen) atoms. The summed E-state index contributed by atoms with van der Waals surface area (Å²) in [4.78, 5) is 128. The van der Waals surface area contributed by atoms with Crippen molar-refractivity contribution in [2.45, 2.75) is 154 Å². The van der Waals surface area contributed by atoms with Gasteiger partial charge in [0.1, 0.15) is 36.5 Å². The normalized spacial score (nSPS) is 21.9. The standard InChI is InChI=1S/C79H99N11O22S/c1-5-24-77(3)45-78(48-90-49(2)54(42-82-90)52-15-17-60(85-66(52)72(100)101)88-29-21-51-10-8-11-53(55(51)43-88)71(99)86-75-84-56-12-6-7-13-59(56)113-75)25-9-26-79(46-77,47-78)110-34-31-87(4)76(104)109-44-50-14-16-58(111-74-69(98)67(96)68(97)70(112-74)73(102)103)57(41-50)83-63(93)20-27-80-62(92)23-32-105-35-37-107-39-40-108-38-36-106-33-28-81-61(91)22-30-89-64(94)18-19-65(89)95/h6-8,10-19,41-42,67-70,74,96-98H,5,9,20-40,43-48H2,1-4H3,(H,80,92)(H,81,91)(H,83,93)(H,100,101)(H,102,103)(H,84,86,99)/t67-,68-,69+,70-,74+,77?,78?,79?/m0/s1. The fourth-order valence-corrected chi connectivity index (χ4v) is 16.6. The van der Waals surface area contributed by atoms with Gasteiger partial charge in [0.25, 0.3) is 17.7 Å². The molecule has 34 heteroatoms. The first-order chi connectivity index (χ1) is 54.3. The quantitative estimate of drug-likeness (QED) is 0.0153. The summed E-state index contributed by atoms with van der Waals surface area (Å²) in [6.07, 6.45) is 0.995. The number of ether oxygens (including phenoxy) is 8. The van der Waals surface area contributed by atoms with Crippen LogP contribution in [0.15, 0.2) is 91.1 Å². The first-order valence-electron chi connectivity index (χ1n) is 38.0. The summed E-state index contributed by atoms with van der Waals surface area (Å²) in [6.45, 7) is 10.0. The molecule has 6 aromatic rings. The number of pyridine rings is 1. The van der Waals surface area contributed by atoms with Gasteiger partial charge in [-0.25, -0.2) is 24.4 Å². The van der Waals surface area contributed by atoms with E-state index in [1.807, 2.05) is 59.0 Å². The zero-order valence-corrected chi connectivity index (χ0v) is 64.6. The Morgan fingerprint density at radius 3 is 2.20 bits per heavy atom. The van der Waals surface area contributed by atoms with Gasteiger partial charge in [-0.2, -0.15) is 5.10 Å². The molecule has 7 amide bonds. The number of fused-ring (bicyclic) bond motifs is 4. The van der Waals surface area contributed by atoms with Crippen LogP contribution in [0.2, 0.25) is 0 Å². The molecule has 0 radical (unpaired) electrons. The van der Waals surface area contributed by atoms with E-state index in [1.54, 1.807) is 25.4 Å². The number of thiazole rings is 1. The molecule has 6 heterocycles. The highest BCUT2D eigenvalue weighted by Gasteiger charge is 2.56. The molecule has 8 atom stereocenters. The average molecular weight is 1590 g/mol. The predicted octanol–water partition coefficient (Wildman–Crippen LogP) is 6.16. The summed E-state index contributed by atoms with van der Waals surface area (Å²) in [6, 6.07) is 21.3. The van der Waals surface area contributed by atoms with Crippen LogP contribution < -0.4 is 30.9 Å². The van der Waals surface area contributed by atoms with Crippen LogP contribution in [0.25, 0.3) is 21.3 Å². The Hall–Kier alpha value is -9.88. The number of para-hydroxylation sites is 1. The Morgan fingerprint density at radius 1 is 0.743 bits per heavy atom. The van der Waals surface area contributed by atoms with Crippen LogP contribution in [0.4, 0.5) is 21.4 Å². The Morgan fingerprint density at radius 2 is 1.47 bits per heavy atom. The number of imide groups is 1. The average Bonchev–Trinajstić information content (AvgIpc) is 1.59. The maximum atomic E-state index is 13.8. The number of nitrogens with zero attached hydrogens (tertiary/aromatic N) is 7. The summed E-state index contributed by atoms with van der Waals surface area (Å²) in [5.41, 5.74) is 4.45. The molecule has 2 aliphatic carbocycles. The number of aliphatic hydroxyl groups excluding tert-OH is 3. The van der Waals surface area contributed by atoms with Gasteiger partial charge in [-0.15, -0.1) is 0 Å². The van der Waals surface area contributed by atoms with E-state index < -0.39 is 78.0 Å². The van der Waals surface area contributed by atoms with E-state index in [0.717, 1.165) is 95.5 Å². The Balaban J connectivity index is 0.636. The second-order valence-corrected chi connectivity index (χ2v) is 30.5. The molecule has 1 saturated heterocycles. The van der Waals surface area contributed by atoms with Gasteiger partial charge < -0.3 is 89.2 Å². The lowest BCUT2D eigenvalue weighted by Gasteiger charge is -2.58. The van der Waals surface area contributed by atoms with Crippen LogP contribution in [0, 0.1) is 17.8 Å². The fraction of sp³-hybridized carbons (Fsp3) is 0.519. The number of likely N-dealkylation sites (N-methyl/N-ethyl adjacent to an activating group) is 1.